The van der Waals surface area contributed by atoms with Gasteiger partial charge in [0.2, 0.25) is 5.91 Å². The number of benzene rings is 1. The van der Waals surface area contributed by atoms with Gasteiger partial charge in [0.1, 0.15) is 23.4 Å². The van der Waals surface area contributed by atoms with Crippen molar-refractivity contribution in [3.63, 3.8) is 0 Å². The highest BCUT2D eigenvalue weighted by molar-refractivity contribution is 6.01. The van der Waals surface area contributed by atoms with Crippen molar-refractivity contribution in [1.29, 1.82) is 0 Å². The van der Waals surface area contributed by atoms with Gasteiger partial charge in [-0.15, -0.1) is 0 Å². The van der Waals surface area contributed by atoms with Gasteiger partial charge in [-0.05, 0) is 12.1 Å². The van der Waals surface area contributed by atoms with Gasteiger partial charge in [0.05, 0.1) is 25.5 Å². The first-order chi connectivity index (χ1) is 11.5. The molecule has 2 heterocycles. The molecule has 1 atom stereocenters. The Kier molecular flexibility index (Phi) is 4.94. The molecule has 1 aromatic carbocycles. The number of hydrogen-bond donors (Lipinski definition) is 1. The molecule has 8 heteroatoms. The van der Waals surface area contributed by atoms with E-state index in [0.717, 1.165) is 0 Å². The van der Waals surface area contributed by atoms with Crippen molar-refractivity contribution in [2.45, 2.75) is 19.4 Å². The van der Waals surface area contributed by atoms with E-state index in [-0.39, 0.29) is 17.7 Å². The zero-order valence-corrected chi connectivity index (χ0v) is 13.3. The fourth-order valence-electron chi connectivity index (χ4n) is 2.79. The Labute approximate surface area is 138 Å². The average molecular weight is 339 g/mol. The summed E-state index contributed by atoms with van der Waals surface area (Å²) in [6.45, 7) is 3.52. The molecule has 0 saturated carbocycles. The molecule has 1 aromatic rings. The molecule has 0 bridgehead atoms. The fourth-order valence-corrected chi connectivity index (χ4v) is 2.79. The maximum atomic E-state index is 14.4. The van der Waals surface area contributed by atoms with E-state index in [9.17, 15) is 13.6 Å². The predicted octanol–water partition coefficient (Wildman–Crippen LogP) is 1.43. The van der Waals surface area contributed by atoms with Crippen molar-refractivity contribution >= 4 is 17.3 Å². The summed E-state index contributed by atoms with van der Waals surface area (Å²) in [5.74, 6) is -1.42. The van der Waals surface area contributed by atoms with Crippen LogP contribution in [0.5, 0.6) is 0 Å². The van der Waals surface area contributed by atoms with Gasteiger partial charge in [0.25, 0.3) is 0 Å². The molecule has 0 aliphatic carbocycles. The highest BCUT2D eigenvalue weighted by Gasteiger charge is 2.26. The number of hydrogen-bond acceptors (Lipinski definition) is 5. The SMILES string of the molecule is CC(=O)NCC1CC(c2cc(F)c(N3CCOCC3)c(F)c2)=NO1. The van der Waals surface area contributed by atoms with E-state index < -0.39 is 11.6 Å². The molecule has 1 unspecified atom stereocenters. The zero-order chi connectivity index (χ0) is 17.1. The van der Waals surface area contributed by atoms with Gasteiger partial charge >= 0.3 is 0 Å². The van der Waals surface area contributed by atoms with Crippen LogP contribution in [0.25, 0.3) is 0 Å². The number of nitrogens with one attached hydrogen (secondary N) is 1. The zero-order valence-electron chi connectivity index (χ0n) is 13.3. The molecular formula is C16H19F2N3O3. The van der Waals surface area contributed by atoms with E-state index in [4.69, 9.17) is 9.57 Å². The summed E-state index contributed by atoms with van der Waals surface area (Å²) in [6, 6.07) is 2.55. The largest absolute Gasteiger partial charge is 0.390 e. The number of morpholine rings is 1. The molecule has 0 spiro atoms. The van der Waals surface area contributed by atoms with Crippen LogP contribution in [0.3, 0.4) is 0 Å². The van der Waals surface area contributed by atoms with E-state index in [0.29, 0.717) is 50.5 Å². The lowest BCUT2D eigenvalue weighted by Gasteiger charge is -2.29. The third-order valence-electron chi connectivity index (χ3n) is 3.99. The van der Waals surface area contributed by atoms with E-state index >= 15 is 0 Å². The summed E-state index contributed by atoms with van der Waals surface area (Å²) >= 11 is 0. The van der Waals surface area contributed by atoms with E-state index in [1.807, 2.05) is 0 Å². The van der Waals surface area contributed by atoms with Gasteiger partial charge in [-0.3, -0.25) is 4.79 Å². The van der Waals surface area contributed by atoms with Gasteiger partial charge in [-0.25, -0.2) is 8.78 Å². The number of oxime groups is 1. The van der Waals surface area contributed by atoms with Crippen molar-refractivity contribution < 1.29 is 23.1 Å². The van der Waals surface area contributed by atoms with Crippen LogP contribution in [0.4, 0.5) is 14.5 Å². The van der Waals surface area contributed by atoms with Gasteiger partial charge < -0.3 is 19.8 Å². The topological polar surface area (TPSA) is 63.2 Å². The van der Waals surface area contributed by atoms with Crippen LogP contribution in [-0.4, -0.2) is 50.6 Å². The third kappa shape index (κ3) is 3.64. The van der Waals surface area contributed by atoms with Gasteiger partial charge in [-0.2, -0.15) is 0 Å². The first kappa shape index (κ1) is 16.6. The van der Waals surface area contributed by atoms with Gasteiger partial charge in [0, 0.05) is 32.0 Å². The van der Waals surface area contributed by atoms with Crippen molar-refractivity contribution in [2.24, 2.45) is 5.16 Å². The van der Waals surface area contributed by atoms with Gasteiger partial charge in [-0.1, -0.05) is 5.16 Å². The third-order valence-corrected chi connectivity index (χ3v) is 3.99. The molecule has 1 saturated heterocycles. The van der Waals surface area contributed by atoms with Crippen LogP contribution in [-0.2, 0) is 14.4 Å². The first-order valence-corrected chi connectivity index (χ1v) is 7.84. The van der Waals surface area contributed by atoms with E-state index in [2.05, 4.69) is 10.5 Å². The van der Waals surface area contributed by atoms with Gasteiger partial charge in [0.15, 0.2) is 0 Å². The molecule has 1 amide bonds. The molecule has 3 rings (SSSR count). The minimum absolute atomic E-state index is 0.0311. The lowest BCUT2D eigenvalue weighted by Crippen LogP contribution is -2.37. The molecular weight excluding hydrogens is 320 g/mol. The molecule has 6 nitrogen and oxygen atoms in total. The van der Waals surface area contributed by atoms with Crippen LogP contribution < -0.4 is 10.2 Å². The standard InChI is InChI=1S/C16H19F2N3O3/c1-10(22)19-9-12-8-15(20-24-12)11-6-13(17)16(14(18)7-11)21-2-4-23-5-3-21/h6-7,12H,2-5,8-9H2,1H3,(H,19,22). The van der Waals surface area contributed by atoms with E-state index in [1.165, 1.54) is 19.1 Å². The molecule has 1 fully saturated rings. The molecule has 0 aromatic heterocycles. The summed E-state index contributed by atoms with van der Waals surface area (Å²) in [7, 11) is 0. The molecule has 24 heavy (non-hydrogen) atoms. The second-order valence-electron chi connectivity index (χ2n) is 5.79. The Bertz CT molecular complexity index is 637. The minimum atomic E-state index is -0.625. The number of anilines is 1. The smallest absolute Gasteiger partial charge is 0.217 e. The van der Waals surface area contributed by atoms with Crippen LogP contribution in [0.15, 0.2) is 17.3 Å². The van der Waals surface area contributed by atoms with Crippen LogP contribution >= 0.6 is 0 Å². The van der Waals surface area contributed by atoms with Crippen molar-refractivity contribution in [3.05, 3.63) is 29.3 Å². The molecule has 130 valence electrons. The Hall–Kier alpha value is -2.22. The molecule has 2 aliphatic rings. The molecule has 1 N–H and O–H groups in total. The second kappa shape index (κ2) is 7.12. The normalized spacial score (nSPS) is 20.5. The number of carbonyl (C=O) groups is 1. The quantitative estimate of drug-likeness (QED) is 0.901. The lowest BCUT2D eigenvalue weighted by atomic mass is 10.0. The van der Waals surface area contributed by atoms with Crippen LogP contribution in [0.2, 0.25) is 0 Å². The monoisotopic (exact) mass is 339 g/mol. The number of nitrogens with zero attached hydrogens (tertiary/aromatic N) is 2. The van der Waals surface area contributed by atoms with E-state index in [1.54, 1.807) is 4.90 Å². The molecule has 2 aliphatic heterocycles. The Morgan fingerprint density at radius 2 is 2.00 bits per heavy atom. The molecule has 0 radical (unpaired) electrons. The number of ether oxygens (including phenoxy) is 1. The van der Waals surface area contributed by atoms with Crippen molar-refractivity contribution in [2.75, 3.05) is 37.7 Å². The van der Waals surface area contributed by atoms with Crippen molar-refractivity contribution in [1.82, 2.24) is 5.32 Å². The van der Waals surface area contributed by atoms with Crippen LogP contribution in [0, 0.1) is 11.6 Å². The summed E-state index contributed by atoms with van der Waals surface area (Å²) in [5.41, 5.74) is 0.792. The average Bonchev–Trinajstić information content (AvgIpc) is 3.02. The Balaban J connectivity index is 1.72. The number of carbonyl (C=O) groups excluding carboxylic acids is 1. The summed E-state index contributed by atoms with van der Waals surface area (Å²) in [6.07, 6.45) is 0.0599. The van der Waals surface area contributed by atoms with Crippen LogP contribution in [0.1, 0.15) is 18.9 Å². The summed E-state index contributed by atoms with van der Waals surface area (Å²) < 4.78 is 34.1. The Morgan fingerprint density at radius 3 is 2.62 bits per heavy atom. The maximum absolute atomic E-state index is 14.4. The summed E-state index contributed by atoms with van der Waals surface area (Å²) in [4.78, 5) is 17.8. The number of rotatable bonds is 4. The van der Waals surface area contributed by atoms with Crippen molar-refractivity contribution in [3.8, 4) is 0 Å². The highest BCUT2D eigenvalue weighted by atomic mass is 19.1. The summed E-state index contributed by atoms with van der Waals surface area (Å²) in [5, 5.41) is 6.52. The highest BCUT2D eigenvalue weighted by Crippen LogP contribution is 2.27. The first-order valence-electron chi connectivity index (χ1n) is 7.84. The fraction of sp³-hybridized carbons (Fsp3) is 0.500. The number of amides is 1. The Morgan fingerprint density at radius 1 is 1.33 bits per heavy atom. The lowest BCUT2D eigenvalue weighted by molar-refractivity contribution is -0.119. The predicted molar refractivity (Wildman–Crippen MR) is 84.1 cm³/mol. The minimum Gasteiger partial charge on any atom is -0.390 e. The number of halogens is 2. The maximum Gasteiger partial charge on any atom is 0.217 e. The second-order valence-corrected chi connectivity index (χ2v) is 5.79.